The molecule has 0 fully saturated rings. The van der Waals surface area contributed by atoms with Crippen LogP contribution in [0, 0.1) is 5.41 Å². The molecule has 74 valence electrons. The summed E-state index contributed by atoms with van der Waals surface area (Å²) in [6.45, 7) is 0. The third-order valence-corrected chi connectivity index (χ3v) is 1.54. The monoisotopic (exact) mass is 196 g/mol. The Bertz CT molecular complexity index is 340. The Labute approximate surface area is 79.8 Å². The van der Waals surface area contributed by atoms with E-state index < -0.39 is 12.0 Å². The van der Waals surface area contributed by atoms with Crippen LogP contribution in [0.3, 0.4) is 0 Å². The van der Waals surface area contributed by atoms with Gasteiger partial charge in [-0.1, -0.05) is 22.7 Å². The molecule has 14 heavy (non-hydrogen) atoms. The van der Waals surface area contributed by atoms with E-state index in [1.165, 1.54) is 12.1 Å². The number of nitrogens with two attached hydrogens (primary N) is 1. The molecule has 0 unspecified atom stereocenters. The number of rotatable bonds is 1. The smallest absolute Gasteiger partial charge is 0.356 e. The quantitative estimate of drug-likeness (QED) is 0.355. The molecule has 4 N–H and O–H groups in total. The molecule has 0 atom stereocenters. The Morgan fingerprint density at radius 3 is 2.43 bits per heavy atom. The van der Waals surface area contributed by atoms with Crippen LogP contribution in [-0.2, 0) is 0 Å². The van der Waals surface area contributed by atoms with Crippen molar-refractivity contribution in [2.24, 2.45) is 5.73 Å². The van der Waals surface area contributed by atoms with Crippen molar-refractivity contribution in [1.82, 2.24) is 5.54 Å². The average Bonchev–Trinajstić information content (AvgIpc) is 2.19. The lowest BCUT2D eigenvalue weighted by Gasteiger charge is -2.18. The Hall–Kier alpha value is -2.11. The molecule has 0 radical (unpaired) electrons. The number of halogens is 1. The number of carbonyl (C=O) groups excluding carboxylic acids is 1. The van der Waals surface area contributed by atoms with Gasteiger partial charge in [-0.3, -0.25) is 5.41 Å². The van der Waals surface area contributed by atoms with Gasteiger partial charge in [-0.05, 0) is 12.1 Å². The first kappa shape index (κ1) is 9.97. The van der Waals surface area contributed by atoms with Crippen molar-refractivity contribution in [1.29, 1.82) is 5.41 Å². The van der Waals surface area contributed by atoms with Gasteiger partial charge >= 0.3 is 6.03 Å². The lowest BCUT2D eigenvalue weighted by molar-refractivity contribution is 0.226. The minimum absolute atomic E-state index is 0.329. The molecule has 6 heteroatoms. The largest absolute Gasteiger partial charge is 0.369 e. The number of anilines is 1. The van der Waals surface area contributed by atoms with Gasteiger partial charge < -0.3 is 5.73 Å². The van der Waals surface area contributed by atoms with Crippen LogP contribution >= 0.6 is 0 Å². The summed E-state index contributed by atoms with van der Waals surface area (Å²) in [5.74, 6) is -0.550. The van der Waals surface area contributed by atoms with Crippen molar-refractivity contribution in [3.63, 3.8) is 0 Å². The van der Waals surface area contributed by atoms with Gasteiger partial charge in [0.1, 0.15) is 0 Å². The highest BCUT2D eigenvalue weighted by Crippen LogP contribution is 2.12. The number of para-hydroxylation sites is 1. The number of nitrogens with one attached hydrogen (secondary N) is 2. The standard InChI is InChI=1S/C8H9FN4O/c9-12-8(14)13(7(10)11)6-4-2-1-3-5-6/h1-5H,(H3,10,11)(H,12,14). The Morgan fingerprint density at radius 1 is 1.43 bits per heavy atom. The Morgan fingerprint density at radius 2 is 2.00 bits per heavy atom. The summed E-state index contributed by atoms with van der Waals surface area (Å²) in [7, 11) is 0. The van der Waals surface area contributed by atoms with Crippen LogP contribution in [0.1, 0.15) is 0 Å². The zero-order valence-electron chi connectivity index (χ0n) is 7.20. The third kappa shape index (κ3) is 1.98. The van der Waals surface area contributed by atoms with E-state index >= 15 is 0 Å². The molecule has 0 heterocycles. The van der Waals surface area contributed by atoms with Crippen molar-refractivity contribution >= 4 is 17.7 Å². The highest BCUT2D eigenvalue weighted by molar-refractivity contribution is 6.13. The van der Waals surface area contributed by atoms with E-state index in [0.717, 1.165) is 5.54 Å². The number of nitrogens with zero attached hydrogens (tertiary/aromatic N) is 1. The third-order valence-electron chi connectivity index (χ3n) is 1.54. The molecule has 1 aromatic carbocycles. The van der Waals surface area contributed by atoms with E-state index in [1.807, 2.05) is 0 Å². The van der Waals surface area contributed by atoms with Crippen LogP contribution in [0.5, 0.6) is 0 Å². The number of guanidine groups is 1. The second-order valence-electron chi connectivity index (χ2n) is 2.46. The van der Waals surface area contributed by atoms with Gasteiger partial charge in [0.2, 0.25) is 5.96 Å². The van der Waals surface area contributed by atoms with Crippen LogP contribution in [-0.4, -0.2) is 12.0 Å². The normalized spacial score (nSPS) is 9.21. The van der Waals surface area contributed by atoms with Crippen molar-refractivity contribution in [2.75, 3.05) is 4.90 Å². The average molecular weight is 196 g/mol. The molecule has 1 rings (SSSR count). The molecule has 0 aromatic heterocycles. The molecule has 0 saturated carbocycles. The zero-order chi connectivity index (χ0) is 10.6. The maximum absolute atomic E-state index is 11.9. The van der Waals surface area contributed by atoms with Gasteiger partial charge in [0.15, 0.2) is 0 Å². The fraction of sp³-hybridized carbons (Fsp3) is 0. The van der Waals surface area contributed by atoms with Crippen LogP contribution < -0.4 is 16.2 Å². The lowest BCUT2D eigenvalue weighted by Crippen LogP contribution is -2.45. The van der Waals surface area contributed by atoms with E-state index in [9.17, 15) is 9.28 Å². The van der Waals surface area contributed by atoms with E-state index in [4.69, 9.17) is 11.1 Å². The highest BCUT2D eigenvalue weighted by Gasteiger charge is 2.17. The minimum atomic E-state index is -1.09. The second kappa shape index (κ2) is 4.22. The first-order valence-electron chi connectivity index (χ1n) is 3.76. The molecular formula is C8H9FN4O. The molecular weight excluding hydrogens is 187 g/mol. The summed E-state index contributed by atoms with van der Waals surface area (Å²) < 4.78 is 11.9. The van der Waals surface area contributed by atoms with Gasteiger partial charge in [-0.25, -0.2) is 9.69 Å². The van der Waals surface area contributed by atoms with Crippen LogP contribution in [0.2, 0.25) is 0 Å². The zero-order valence-corrected chi connectivity index (χ0v) is 7.20. The summed E-state index contributed by atoms with van der Waals surface area (Å²) in [6.07, 6.45) is 0. The summed E-state index contributed by atoms with van der Waals surface area (Å²) in [6, 6.07) is 7.01. The SMILES string of the molecule is N=C(N)N(C(=O)NF)c1ccccc1. The van der Waals surface area contributed by atoms with Gasteiger partial charge in [0.05, 0.1) is 5.69 Å². The van der Waals surface area contributed by atoms with Gasteiger partial charge in [0, 0.05) is 0 Å². The summed E-state index contributed by atoms with van der Waals surface area (Å²) in [5, 5.41) is 7.10. The predicted octanol–water partition coefficient (Wildman–Crippen LogP) is 0.981. The summed E-state index contributed by atoms with van der Waals surface area (Å²) in [4.78, 5) is 11.7. The van der Waals surface area contributed by atoms with Crippen molar-refractivity contribution in [2.45, 2.75) is 0 Å². The molecule has 2 amide bonds. The molecule has 5 nitrogen and oxygen atoms in total. The van der Waals surface area contributed by atoms with Crippen molar-refractivity contribution in [3.8, 4) is 0 Å². The van der Waals surface area contributed by atoms with Gasteiger partial charge in [0.25, 0.3) is 0 Å². The number of hydrogen-bond donors (Lipinski definition) is 3. The summed E-state index contributed by atoms with van der Waals surface area (Å²) >= 11 is 0. The highest BCUT2D eigenvalue weighted by atomic mass is 19.2. The van der Waals surface area contributed by atoms with E-state index in [2.05, 4.69) is 0 Å². The molecule has 0 aliphatic carbocycles. The predicted molar refractivity (Wildman–Crippen MR) is 50.5 cm³/mol. The van der Waals surface area contributed by atoms with E-state index in [0.29, 0.717) is 10.6 Å². The first-order chi connectivity index (χ1) is 6.66. The molecule has 0 aliphatic rings. The molecule has 1 aromatic rings. The number of urea groups is 1. The number of benzene rings is 1. The maximum Gasteiger partial charge on any atom is 0.356 e. The minimum Gasteiger partial charge on any atom is -0.369 e. The molecule has 0 saturated heterocycles. The molecule has 0 spiro atoms. The lowest BCUT2D eigenvalue weighted by atomic mass is 10.3. The van der Waals surface area contributed by atoms with E-state index in [1.54, 1.807) is 18.2 Å². The number of hydrogen-bond acceptors (Lipinski definition) is 2. The Kier molecular flexibility index (Phi) is 3.01. The second-order valence-corrected chi connectivity index (χ2v) is 2.46. The number of carbonyl (C=O) groups is 1. The molecule has 0 bridgehead atoms. The molecule has 0 aliphatic heterocycles. The van der Waals surface area contributed by atoms with Gasteiger partial charge in [-0.2, -0.15) is 5.54 Å². The summed E-state index contributed by atoms with van der Waals surface area (Å²) in [5.41, 5.74) is 6.37. The first-order valence-corrected chi connectivity index (χ1v) is 3.76. The maximum atomic E-state index is 11.9. The topological polar surface area (TPSA) is 82.2 Å². The van der Waals surface area contributed by atoms with Crippen molar-refractivity contribution < 1.29 is 9.28 Å². The van der Waals surface area contributed by atoms with Crippen LogP contribution in [0.4, 0.5) is 15.0 Å². The van der Waals surface area contributed by atoms with Gasteiger partial charge in [-0.15, -0.1) is 0 Å². The number of amides is 2. The van der Waals surface area contributed by atoms with Crippen LogP contribution in [0.25, 0.3) is 0 Å². The fourth-order valence-corrected chi connectivity index (χ4v) is 0.985. The van der Waals surface area contributed by atoms with E-state index in [-0.39, 0.29) is 0 Å². The fourth-order valence-electron chi connectivity index (χ4n) is 0.985. The van der Waals surface area contributed by atoms with Crippen LogP contribution in [0.15, 0.2) is 30.3 Å². The van der Waals surface area contributed by atoms with Crippen molar-refractivity contribution in [3.05, 3.63) is 30.3 Å². The Balaban J connectivity index is 3.01.